The van der Waals surface area contributed by atoms with Crippen LogP contribution in [0.15, 0.2) is 60.7 Å². The number of para-hydroxylation sites is 1. The second-order valence-corrected chi connectivity index (χ2v) is 5.91. The number of hydrogen-bond donors (Lipinski definition) is 0. The van der Waals surface area contributed by atoms with E-state index in [9.17, 15) is 14.4 Å². The average Bonchev–Trinajstić information content (AvgIpc) is 2.76. The summed E-state index contributed by atoms with van der Waals surface area (Å²) in [5.41, 5.74) is 1.49. The number of aromatic nitrogens is 1. The lowest BCUT2D eigenvalue weighted by molar-refractivity contribution is -0.128. The van der Waals surface area contributed by atoms with E-state index < -0.39 is 17.9 Å². The zero-order valence-corrected chi connectivity index (χ0v) is 15.7. The van der Waals surface area contributed by atoms with Crippen LogP contribution in [0, 0.1) is 0 Å². The number of carbonyl (C=O) groups excluding carboxylic acids is 3. The molecule has 0 aliphatic rings. The van der Waals surface area contributed by atoms with Gasteiger partial charge in [0.05, 0.1) is 36.6 Å². The number of esters is 3. The van der Waals surface area contributed by atoms with Gasteiger partial charge < -0.3 is 14.2 Å². The largest absolute Gasteiger partial charge is 0.465 e. The summed E-state index contributed by atoms with van der Waals surface area (Å²) in [6.45, 7) is 0. The van der Waals surface area contributed by atoms with E-state index in [4.69, 9.17) is 4.74 Å². The number of fused-ring (bicyclic) bond motifs is 1. The van der Waals surface area contributed by atoms with Crippen LogP contribution < -0.4 is 4.74 Å². The fourth-order valence-corrected chi connectivity index (χ4v) is 2.61. The van der Waals surface area contributed by atoms with E-state index >= 15 is 0 Å². The van der Waals surface area contributed by atoms with Gasteiger partial charge in [0.15, 0.2) is 0 Å². The molecule has 7 heteroatoms. The Bertz CT molecular complexity index is 1080. The van der Waals surface area contributed by atoms with Crippen molar-refractivity contribution in [3.8, 4) is 5.75 Å². The number of hydrogen-bond acceptors (Lipinski definition) is 7. The number of rotatable bonds is 5. The maximum atomic E-state index is 12.2. The zero-order valence-electron chi connectivity index (χ0n) is 15.7. The van der Waals surface area contributed by atoms with Gasteiger partial charge in [0.2, 0.25) is 0 Å². The molecule has 7 nitrogen and oxygen atoms in total. The first-order valence-electron chi connectivity index (χ1n) is 8.57. The predicted octanol–water partition coefficient (Wildman–Crippen LogP) is 3.43. The van der Waals surface area contributed by atoms with E-state index in [1.807, 2.05) is 30.3 Å². The van der Waals surface area contributed by atoms with Crippen LogP contribution in [-0.2, 0) is 14.3 Å². The molecule has 0 aliphatic carbocycles. The van der Waals surface area contributed by atoms with Crippen molar-refractivity contribution in [3.63, 3.8) is 0 Å². The minimum absolute atomic E-state index is 0.00872. The first kappa shape index (κ1) is 19.8. The normalized spacial score (nSPS) is 10.7. The molecule has 0 amide bonds. The van der Waals surface area contributed by atoms with Crippen LogP contribution in [0.2, 0.25) is 0 Å². The smallest absolute Gasteiger partial charge is 0.338 e. The van der Waals surface area contributed by atoms with E-state index in [0.29, 0.717) is 5.69 Å². The molecule has 0 aliphatic heterocycles. The molecule has 1 heterocycles. The van der Waals surface area contributed by atoms with Crippen LogP contribution in [0.1, 0.15) is 26.4 Å². The Morgan fingerprint density at radius 2 is 1.52 bits per heavy atom. The van der Waals surface area contributed by atoms with Crippen molar-refractivity contribution in [1.29, 1.82) is 0 Å². The van der Waals surface area contributed by atoms with E-state index in [0.717, 1.165) is 10.9 Å². The molecule has 0 fully saturated rings. The number of benzene rings is 2. The van der Waals surface area contributed by atoms with Gasteiger partial charge >= 0.3 is 17.9 Å². The lowest BCUT2D eigenvalue weighted by Crippen LogP contribution is -2.10. The highest BCUT2D eigenvalue weighted by Crippen LogP contribution is 2.20. The highest BCUT2D eigenvalue weighted by atomic mass is 16.5. The molecule has 0 spiro atoms. The van der Waals surface area contributed by atoms with E-state index in [-0.39, 0.29) is 16.9 Å². The fraction of sp³-hybridized carbons (Fsp3) is 0.0909. The minimum atomic E-state index is -0.696. The Balaban J connectivity index is 1.80. The van der Waals surface area contributed by atoms with Crippen LogP contribution in [-0.4, -0.2) is 37.1 Å². The molecule has 0 saturated carbocycles. The zero-order chi connectivity index (χ0) is 20.8. The summed E-state index contributed by atoms with van der Waals surface area (Å²) >= 11 is 0. The molecular formula is C22H17NO6. The molecule has 0 N–H and O–H groups in total. The first-order chi connectivity index (χ1) is 14.0. The first-order valence-corrected chi connectivity index (χ1v) is 8.57. The average molecular weight is 391 g/mol. The quantitative estimate of drug-likeness (QED) is 0.374. The summed E-state index contributed by atoms with van der Waals surface area (Å²) in [6, 6.07) is 15.2. The van der Waals surface area contributed by atoms with Gasteiger partial charge in [-0.1, -0.05) is 24.3 Å². The molecule has 0 saturated heterocycles. The van der Waals surface area contributed by atoms with Gasteiger partial charge in [0, 0.05) is 11.5 Å². The van der Waals surface area contributed by atoms with Gasteiger partial charge in [-0.15, -0.1) is 0 Å². The van der Waals surface area contributed by atoms with E-state index in [1.54, 1.807) is 6.07 Å². The molecule has 2 aromatic carbocycles. The molecule has 29 heavy (non-hydrogen) atoms. The standard InChI is InChI=1S/C22H17NO6/c1-27-21(25)15-11-16(22(26)28-2)13-18(12-15)29-20(24)10-9-17-8-7-14-5-3-4-6-19(14)23-17/h3-13H,1-2H3. The van der Waals surface area contributed by atoms with Gasteiger partial charge in [0.25, 0.3) is 0 Å². The molecule has 3 aromatic rings. The summed E-state index contributed by atoms with van der Waals surface area (Å²) < 4.78 is 14.5. The van der Waals surface area contributed by atoms with Crippen molar-refractivity contribution in [2.24, 2.45) is 0 Å². The Labute approximate surface area is 166 Å². The van der Waals surface area contributed by atoms with Crippen molar-refractivity contribution < 1.29 is 28.6 Å². The molecule has 0 bridgehead atoms. The number of carbonyl (C=O) groups is 3. The maximum absolute atomic E-state index is 12.2. The maximum Gasteiger partial charge on any atom is 0.338 e. The van der Waals surface area contributed by atoms with Crippen molar-refractivity contribution in [1.82, 2.24) is 4.98 Å². The van der Waals surface area contributed by atoms with Crippen molar-refractivity contribution >= 4 is 34.9 Å². The fourth-order valence-electron chi connectivity index (χ4n) is 2.61. The van der Waals surface area contributed by atoms with Crippen molar-refractivity contribution in [2.75, 3.05) is 14.2 Å². The highest BCUT2D eigenvalue weighted by molar-refractivity contribution is 5.97. The van der Waals surface area contributed by atoms with Crippen molar-refractivity contribution in [3.05, 3.63) is 77.5 Å². The van der Waals surface area contributed by atoms with Gasteiger partial charge in [-0.25, -0.2) is 19.4 Å². The number of pyridine rings is 1. The van der Waals surface area contributed by atoms with Crippen LogP contribution in [0.4, 0.5) is 0 Å². The molecule has 0 unspecified atom stereocenters. The van der Waals surface area contributed by atoms with Crippen LogP contribution in [0.3, 0.4) is 0 Å². The summed E-state index contributed by atoms with van der Waals surface area (Å²) in [5, 5.41) is 0.988. The second kappa shape index (κ2) is 8.79. The molecule has 1 aromatic heterocycles. The highest BCUT2D eigenvalue weighted by Gasteiger charge is 2.15. The SMILES string of the molecule is COC(=O)c1cc(OC(=O)C=Cc2ccc3ccccc3n2)cc(C(=O)OC)c1. The van der Waals surface area contributed by atoms with Gasteiger partial charge in [-0.2, -0.15) is 0 Å². The molecule has 3 rings (SSSR count). The van der Waals surface area contributed by atoms with Crippen molar-refractivity contribution in [2.45, 2.75) is 0 Å². The Hall–Kier alpha value is -4.00. The predicted molar refractivity (Wildman–Crippen MR) is 106 cm³/mol. The summed E-state index contributed by atoms with van der Waals surface area (Å²) in [5.74, 6) is -2.04. The van der Waals surface area contributed by atoms with E-state index in [2.05, 4.69) is 14.5 Å². The number of ether oxygens (including phenoxy) is 3. The molecule has 0 radical (unpaired) electrons. The third-order valence-corrected chi connectivity index (χ3v) is 3.98. The Morgan fingerprint density at radius 1 is 0.862 bits per heavy atom. The molecular weight excluding hydrogens is 374 g/mol. The number of nitrogens with zero attached hydrogens (tertiary/aromatic N) is 1. The Kier molecular flexibility index (Phi) is 5.99. The topological polar surface area (TPSA) is 91.8 Å². The van der Waals surface area contributed by atoms with Gasteiger partial charge in [0.1, 0.15) is 5.75 Å². The lowest BCUT2D eigenvalue weighted by atomic mass is 10.1. The van der Waals surface area contributed by atoms with Crippen LogP contribution in [0.25, 0.3) is 17.0 Å². The minimum Gasteiger partial charge on any atom is -0.465 e. The van der Waals surface area contributed by atoms with Crippen LogP contribution in [0.5, 0.6) is 5.75 Å². The van der Waals surface area contributed by atoms with E-state index in [1.165, 1.54) is 44.6 Å². The monoisotopic (exact) mass is 391 g/mol. The summed E-state index contributed by atoms with van der Waals surface area (Å²) in [4.78, 5) is 40.2. The summed E-state index contributed by atoms with van der Waals surface area (Å²) in [7, 11) is 2.41. The van der Waals surface area contributed by atoms with Gasteiger partial charge in [-0.05, 0) is 36.4 Å². The van der Waals surface area contributed by atoms with Gasteiger partial charge in [-0.3, -0.25) is 0 Å². The second-order valence-electron chi connectivity index (χ2n) is 5.91. The summed E-state index contributed by atoms with van der Waals surface area (Å²) in [6.07, 6.45) is 2.72. The van der Waals surface area contributed by atoms with Crippen LogP contribution >= 0.6 is 0 Å². The third kappa shape index (κ3) is 4.84. The Morgan fingerprint density at radius 3 is 2.17 bits per heavy atom. The number of methoxy groups -OCH3 is 2. The molecule has 0 atom stereocenters. The molecule has 146 valence electrons. The lowest BCUT2D eigenvalue weighted by Gasteiger charge is -2.07. The third-order valence-electron chi connectivity index (χ3n) is 3.98.